The summed E-state index contributed by atoms with van der Waals surface area (Å²) < 4.78 is 5.84. The van der Waals surface area contributed by atoms with Crippen molar-refractivity contribution in [2.24, 2.45) is 23.5 Å². The van der Waals surface area contributed by atoms with Crippen LogP contribution >= 0.6 is 0 Å². The van der Waals surface area contributed by atoms with Gasteiger partial charge in [0, 0.05) is 23.9 Å². The molecule has 0 aliphatic rings. The van der Waals surface area contributed by atoms with E-state index < -0.39 is 59.8 Å². The van der Waals surface area contributed by atoms with Crippen molar-refractivity contribution in [3.8, 4) is 5.75 Å². The van der Waals surface area contributed by atoms with Gasteiger partial charge in [-0.25, -0.2) is 4.79 Å². The summed E-state index contributed by atoms with van der Waals surface area (Å²) >= 11 is 0. The summed E-state index contributed by atoms with van der Waals surface area (Å²) in [5.41, 5.74) is 7.48. The second-order valence-corrected chi connectivity index (χ2v) is 13.7. The second kappa shape index (κ2) is 19.4. The van der Waals surface area contributed by atoms with Crippen LogP contribution in [0.3, 0.4) is 0 Å². The van der Waals surface area contributed by atoms with Crippen LogP contribution in [0.25, 0.3) is 10.8 Å². The number of carbonyl (C=O) groups is 5. The Morgan fingerprint density at radius 1 is 0.706 bits per heavy atom. The number of ether oxygens (including phenoxy) is 1. The number of nitrogens with one attached hydrogen (secondary N) is 4. The van der Waals surface area contributed by atoms with Crippen LogP contribution in [0.4, 0.5) is 0 Å². The molecule has 0 aliphatic carbocycles. The van der Waals surface area contributed by atoms with E-state index >= 15 is 0 Å². The second-order valence-electron chi connectivity index (χ2n) is 13.7. The lowest BCUT2D eigenvalue weighted by atomic mass is 9.94. The van der Waals surface area contributed by atoms with Crippen LogP contribution in [0.15, 0.2) is 72.8 Å². The zero-order valence-electron chi connectivity index (χ0n) is 30.3. The van der Waals surface area contributed by atoms with Gasteiger partial charge in [-0.1, -0.05) is 115 Å². The first-order valence-corrected chi connectivity index (χ1v) is 17.5. The van der Waals surface area contributed by atoms with Crippen LogP contribution in [-0.2, 0) is 30.4 Å². The molecule has 6 atom stereocenters. The van der Waals surface area contributed by atoms with E-state index in [-0.39, 0.29) is 30.8 Å². The third-order valence-corrected chi connectivity index (χ3v) is 8.98. The number of aliphatic carboxylic acids is 1. The summed E-state index contributed by atoms with van der Waals surface area (Å²) in [7, 11) is 0. The van der Waals surface area contributed by atoms with E-state index in [1.807, 2.05) is 87.5 Å². The van der Waals surface area contributed by atoms with Crippen molar-refractivity contribution in [3.05, 3.63) is 78.4 Å². The molecule has 276 valence electrons. The Bertz CT molecular complexity index is 1630. The highest BCUT2D eigenvalue weighted by Gasteiger charge is 2.33. The lowest BCUT2D eigenvalue weighted by Crippen LogP contribution is -2.58. The minimum atomic E-state index is -1.16. The standard InChI is InChI=1S/C39H53N5O7/c1-7-25(6)36(38(48)44-35(24(4)5)39(49)50)42-32(45)21-29(40)30(20-26-14-9-8-10-15-26)41-37(47)34(23(2)3)43-33(46)22-51-31-19-13-17-27-16-11-12-18-28(27)31/h8-19,23-25,29-30,34-36H,7,20-22,40H2,1-6H3,(H,41,47)(H,42,45)(H,43,46)(H,44,48)(H,49,50)/t25-,29-,30-,34-,35-,36-/m0/s1. The topological polar surface area (TPSA) is 189 Å². The maximum atomic E-state index is 13.7. The fraction of sp³-hybridized carbons (Fsp3) is 0.462. The molecule has 7 N–H and O–H groups in total. The summed E-state index contributed by atoms with van der Waals surface area (Å²) in [5, 5.41) is 22.5. The Labute approximate surface area is 300 Å². The van der Waals surface area contributed by atoms with Gasteiger partial charge in [0.05, 0.1) is 0 Å². The lowest BCUT2D eigenvalue weighted by Gasteiger charge is -2.30. The highest BCUT2D eigenvalue weighted by molar-refractivity contribution is 5.92. The molecule has 0 aromatic heterocycles. The number of nitrogens with two attached hydrogens (primary N) is 1. The number of hydrogen-bond acceptors (Lipinski definition) is 7. The quantitative estimate of drug-likeness (QED) is 0.109. The zero-order chi connectivity index (χ0) is 37.7. The fourth-order valence-corrected chi connectivity index (χ4v) is 5.71. The van der Waals surface area contributed by atoms with Crippen molar-refractivity contribution in [1.82, 2.24) is 21.3 Å². The molecule has 0 spiro atoms. The summed E-state index contributed by atoms with van der Waals surface area (Å²) in [5.74, 6) is -3.63. The van der Waals surface area contributed by atoms with E-state index in [1.165, 1.54) is 0 Å². The van der Waals surface area contributed by atoms with Gasteiger partial charge in [0.15, 0.2) is 6.61 Å². The molecule has 51 heavy (non-hydrogen) atoms. The number of carboxylic acid groups (broad SMARTS) is 1. The van der Waals surface area contributed by atoms with Crippen molar-refractivity contribution in [2.45, 2.75) is 91.0 Å². The van der Waals surface area contributed by atoms with Crippen molar-refractivity contribution in [1.29, 1.82) is 0 Å². The average Bonchev–Trinajstić information content (AvgIpc) is 3.10. The Hall–Kier alpha value is -4.97. The molecule has 3 aromatic carbocycles. The van der Waals surface area contributed by atoms with Crippen molar-refractivity contribution < 1.29 is 33.8 Å². The molecule has 0 radical (unpaired) electrons. The van der Waals surface area contributed by atoms with E-state index in [2.05, 4.69) is 21.3 Å². The van der Waals surface area contributed by atoms with E-state index in [4.69, 9.17) is 10.5 Å². The third kappa shape index (κ3) is 12.1. The number of hydrogen-bond donors (Lipinski definition) is 6. The zero-order valence-corrected chi connectivity index (χ0v) is 30.3. The monoisotopic (exact) mass is 703 g/mol. The predicted octanol–water partition coefficient (Wildman–Crippen LogP) is 3.56. The molecule has 0 bridgehead atoms. The summed E-state index contributed by atoms with van der Waals surface area (Å²) in [6, 6.07) is 18.0. The number of benzene rings is 3. The van der Waals surface area contributed by atoms with E-state index in [0.29, 0.717) is 18.6 Å². The Morgan fingerprint density at radius 2 is 1.29 bits per heavy atom. The Kier molecular flexibility index (Phi) is 15.4. The minimum Gasteiger partial charge on any atom is -0.483 e. The highest BCUT2D eigenvalue weighted by Crippen LogP contribution is 2.25. The molecule has 0 saturated carbocycles. The highest BCUT2D eigenvalue weighted by atomic mass is 16.5. The van der Waals surface area contributed by atoms with Gasteiger partial charge in [-0.15, -0.1) is 0 Å². The molecule has 0 aliphatic heterocycles. The molecule has 12 heteroatoms. The molecule has 0 fully saturated rings. The third-order valence-electron chi connectivity index (χ3n) is 8.98. The minimum absolute atomic E-state index is 0.234. The molecule has 4 amide bonds. The summed E-state index contributed by atoms with van der Waals surface area (Å²) in [6.07, 6.45) is 0.613. The molecule has 3 aromatic rings. The normalized spacial score (nSPS) is 14.8. The molecule has 0 heterocycles. The maximum Gasteiger partial charge on any atom is 0.326 e. The van der Waals surface area contributed by atoms with Gasteiger partial charge in [0.2, 0.25) is 17.7 Å². The number of carbonyl (C=O) groups excluding carboxylic acids is 4. The van der Waals surface area contributed by atoms with Crippen molar-refractivity contribution in [3.63, 3.8) is 0 Å². The van der Waals surface area contributed by atoms with Crippen LogP contribution in [0.5, 0.6) is 5.75 Å². The summed E-state index contributed by atoms with van der Waals surface area (Å²) in [4.78, 5) is 65.1. The fourth-order valence-electron chi connectivity index (χ4n) is 5.71. The molecule has 0 saturated heterocycles. The number of carboxylic acids is 1. The molecular weight excluding hydrogens is 650 g/mol. The first kappa shape index (κ1) is 40.5. The lowest BCUT2D eigenvalue weighted by molar-refractivity contribution is -0.143. The predicted molar refractivity (Wildman–Crippen MR) is 197 cm³/mol. The van der Waals surface area contributed by atoms with Crippen LogP contribution in [0, 0.1) is 17.8 Å². The van der Waals surface area contributed by atoms with Gasteiger partial charge in [-0.05, 0) is 41.2 Å². The molecule has 0 unspecified atom stereocenters. The van der Waals surface area contributed by atoms with Gasteiger partial charge in [0.25, 0.3) is 5.91 Å². The number of amides is 4. The van der Waals surface area contributed by atoms with Crippen molar-refractivity contribution >= 4 is 40.4 Å². The van der Waals surface area contributed by atoms with Crippen LogP contribution in [0.1, 0.15) is 59.9 Å². The first-order valence-electron chi connectivity index (χ1n) is 17.5. The van der Waals surface area contributed by atoms with E-state index in [1.54, 1.807) is 26.8 Å². The van der Waals surface area contributed by atoms with E-state index in [0.717, 1.165) is 16.3 Å². The average molecular weight is 704 g/mol. The van der Waals surface area contributed by atoms with Gasteiger partial charge in [-0.3, -0.25) is 19.2 Å². The van der Waals surface area contributed by atoms with Gasteiger partial charge < -0.3 is 36.8 Å². The molecular formula is C39H53N5O7. The smallest absolute Gasteiger partial charge is 0.326 e. The first-order chi connectivity index (χ1) is 24.2. The molecule has 12 nitrogen and oxygen atoms in total. The Morgan fingerprint density at radius 3 is 1.92 bits per heavy atom. The van der Waals surface area contributed by atoms with Gasteiger partial charge in [0.1, 0.15) is 23.9 Å². The largest absolute Gasteiger partial charge is 0.483 e. The number of fused-ring (bicyclic) bond motifs is 1. The van der Waals surface area contributed by atoms with Crippen LogP contribution in [0.2, 0.25) is 0 Å². The number of rotatable bonds is 19. The maximum absolute atomic E-state index is 13.7. The van der Waals surface area contributed by atoms with Crippen LogP contribution < -0.4 is 31.7 Å². The SMILES string of the molecule is CC[C@H](C)[C@H](NC(=O)C[C@H](N)[C@H](Cc1ccccc1)NC(=O)[C@@H](NC(=O)COc1cccc2ccccc12)C(C)C)C(=O)N[C@H](C(=O)O)C(C)C. The van der Waals surface area contributed by atoms with Crippen LogP contribution in [-0.4, -0.2) is 71.5 Å². The van der Waals surface area contributed by atoms with E-state index in [9.17, 15) is 29.1 Å². The summed E-state index contributed by atoms with van der Waals surface area (Å²) in [6.45, 7) is 10.4. The van der Waals surface area contributed by atoms with Crippen molar-refractivity contribution in [2.75, 3.05) is 6.61 Å². The van der Waals surface area contributed by atoms with Gasteiger partial charge in [-0.2, -0.15) is 0 Å². The Balaban J connectivity index is 1.72. The molecule has 3 rings (SSSR count). The van der Waals surface area contributed by atoms with Gasteiger partial charge >= 0.3 is 5.97 Å².